The van der Waals surface area contributed by atoms with Gasteiger partial charge < -0.3 is 14.8 Å². The van der Waals surface area contributed by atoms with Crippen molar-refractivity contribution in [3.8, 4) is 0 Å². The van der Waals surface area contributed by atoms with Crippen molar-refractivity contribution in [2.24, 2.45) is 11.3 Å². The van der Waals surface area contributed by atoms with E-state index in [1.54, 1.807) is 0 Å². The first-order valence-electron chi connectivity index (χ1n) is 9.17. The molecule has 25 heavy (non-hydrogen) atoms. The number of imidazole rings is 1. The molecule has 2 N–H and O–H groups in total. The summed E-state index contributed by atoms with van der Waals surface area (Å²) in [5.41, 5.74) is 1.10. The summed E-state index contributed by atoms with van der Waals surface area (Å²) in [6.07, 6.45) is 7.57. The average Bonchev–Trinajstić information content (AvgIpc) is 2.95. The van der Waals surface area contributed by atoms with E-state index < -0.39 is 5.60 Å². The number of nitrogens with zero attached hydrogens (tertiary/aromatic N) is 2. The van der Waals surface area contributed by atoms with Gasteiger partial charge in [-0.15, -0.1) is 0 Å². The molecule has 1 saturated carbocycles. The number of aliphatic hydroxyl groups is 1. The Morgan fingerprint density at radius 2 is 2.08 bits per heavy atom. The monoisotopic (exact) mass is 343 g/mol. The smallest absolute Gasteiger partial charge is 0.226 e. The van der Waals surface area contributed by atoms with Crippen LogP contribution in [0.4, 0.5) is 0 Å². The highest BCUT2D eigenvalue weighted by molar-refractivity contribution is 5.78. The van der Waals surface area contributed by atoms with E-state index in [1.165, 1.54) is 0 Å². The summed E-state index contributed by atoms with van der Waals surface area (Å²) in [6, 6.07) is 5.77. The lowest BCUT2D eigenvalue weighted by Crippen LogP contribution is -2.46. The molecule has 1 fully saturated rings. The third-order valence-corrected chi connectivity index (χ3v) is 5.51. The van der Waals surface area contributed by atoms with Gasteiger partial charge in [-0.1, -0.05) is 26.8 Å². The molecule has 2 aromatic heterocycles. The summed E-state index contributed by atoms with van der Waals surface area (Å²) >= 11 is 0. The lowest BCUT2D eigenvalue weighted by molar-refractivity contribution is -0.122. The Hall–Kier alpha value is -1.88. The first-order valence-corrected chi connectivity index (χ1v) is 9.17. The van der Waals surface area contributed by atoms with E-state index in [9.17, 15) is 9.90 Å². The van der Waals surface area contributed by atoms with Crippen LogP contribution < -0.4 is 5.32 Å². The standard InChI is InChI=1S/C20H29N3O2/c1-19(2,3)15-7-9-20(25,10-8-15)14-21-18(24)12-16-13-23-11-5-4-6-17(23)22-16/h4-6,11,13,15,25H,7-10,12,14H2,1-3H3,(H,21,24). The number of aromatic nitrogens is 2. The van der Waals surface area contributed by atoms with Gasteiger partial charge in [0.25, 0.3) is 0 Å². The second kappa shape index (κ2) is 6.79. The third-order valence-electron chi connectivity index (χ3n) is 5.51. The molecule has 2 heterocycles. The fourth-order valence-electron chi connectivity index (χ4n) is 3.76. The normalized spacial score (nSPS) is 24.4. The van der Waals surface area contributed by atoms with Crippen LogP contribution in [-0.4, -0.2) is 32.5 Å². The third kappa shape index (κ3) is 4.40. The number of carbonyl (C=O) groups excluding carboxylic acids is 1. The molecule has 1 amide bonds. The zero-order valence-electron chi connectivity index (χ0n) is 15.5. The zero-order chi connectivity index (χ0) is 18.1. The zero-order valence-corrected chi connectivity index (χ0v) is 15.5. The van der Waals surface area contributed by atoms with Crippen molar-refractivity contribution < 1.29 is 9.90 Å². The number of nitrogens with one attached hydrogen (secondary N) is 1. The van der Waals surface area contributed by atoms with E-state index in [-0.39, 0.29) is 17.7 Å². The lowest BCUT2D eigenvalue weighted by Gasteiger charge is -2.41. The van der Waals surface area contributed by atoms with E-state index in [0.29, 0.717) is 12.5 Å². The molecule has 3 rings (SSSR count). The van der Waals surface area contributed by atoms with Crippen molar-refractivity contribution in [2.45, 2.75) is 58.5 Å². The molecular formula is C20H29N3O2. The summed E-state index contributed by atoms with van der Waals surface area (Å²) in [4.78, 5) is 16.7. The maximum atomic E-state index is 12.2. The molecule has 0 saturated heterocycles. The minimum Gasteiger partial charge on any atom is -0.388 e. The lowest BCUT2D eigenvalue weighted by atomic mass is 9.68. The molecule has 5 nitrogen and oxygen atoms in total. The van der Waals surface area contributed by atoms with Gasteiger partial charge in [0.05, 0.1) is 17.7 Å². The van der Waals surface area contributed by atoms with Gasteiger partial charge in [0.1, 0.15) is 5.65 Å². The van der Waals surface area contributed by atoms with Gasteiger partial charge in [-0.05, 0) is 49.1 Å². The molecule has 0 aromatic carbocycles. The van der Waals surface area contributed by atoms with E-state index in [2.05, 4.69) is 31.1 Å². The van der Waals surface area contributed by atoms with Gasteiger partial charge in [-0.2, -0.15) is 0 Å². The highest BCUT2D eigenvalue weighted by Crippen LogP contribution is 2.41. The molecule has 1 aliphatic carbocycles. The summed E-state index contributed by atoms with van der Waals surface area (Å²) in [5.74, 6) is 0.552. The van der Waals surface area contributed by atoms with Crippen LogP contribution in [-0.2, 0) is 11.2 Å². The maximum Gasteiger partial charge on any atom is 0.226 e. The summed E-state index contributed by atoms with van der Waals surface area (Å²) in [6.45, 7) is 7.12. The highest BCUT2D eigenvalue weighted by atomic mass is 16.3. The van der Waals surface area contributed by atoms with Crippen molar-refractivity contribution in [2.75, 3.05) is 6.54 Å². The Bertz CT molecular complexity index is 704. The van der Waals surface area contributed by atoms with Crippen molar-refractivity contribution in [3.05, 3.63) is 36.3 Å². The minimum absolute atomic E-state index is 0.0882. The molecule has 2 aromatic rings. The number of pyridine rings is 1. The van der Waals surface area contributed by atoms with Crippen LogP contribution in [0.1, 0.15) is 52.1 Å². The van der Waals surface area contributed by atoms with Crippen molar-refractivity contribution >= 4 is 11.6 Å². The SMILES string of the molecule is CC(C)(C)C1CCC(O)(CNC(=O)Cc2cn3ccccc3n2)CC1. The second-order valence-corrected chi connectivity index (χ2v) is 8.52. The second-order valence-electron chi connectivity index (χ2n) is 8.52. The molecule has 0 aliphatic heterocycles. The Morgan fingerprint density at radius 1 is 1.36 bits per heavy atom. The van der Waals surface area contributed by atoms with Crippen molar-refractivity contribution in [1.82, 2.24) is 14.7 Å². The number of amides is 1. The molecular weight excluding hydrogens is 314 g/mol. The van der Waals surface area contributed by atoms with Gasteiger partial charge in [0.2, 0.25) is 5.91 Å². The van der Waals surface area contributed by atoms with Crippen LogP contribution in [0.2, 0.25) is 0 Å². The van der Waals surface area contributed by atoms with Crippen LogP contribution >= 0.6 is 0 Å². The van der Waals surface area contributed by atoms with Gasteiger partial charge in [0, 0.05) is 18.9 Å². The fourth-order valence-corrected chi connectivity index (χ4v) is 3.76. The summed E-state index contributed by atoms with van der Waals surface area (Å²) < 4.78 is 1.91. The predicted molar refractivity (Wildman–Crippen MR) is 98.3 cm³/mol. The number of rotatable bonds is 4. The minimum atomic E-state index is -0.768. The molecule has 0 spiro atoms. The van der Waals surface area contributed by atoms with E-state index in [0.717, 1.165) is 37.0 Å². The van der Waals surface area contributed by atoms with Crippen LogP contribution in [0.15, 0.2) is 30.6 Å². The molecule has 0 bridgehead atoms. The average molecular weight is 343 g/mol. The topological polar surface area (TPSA) is 66.6 Å². The van der Waals surface area contributed by atoms with E-state index in [4.69, 9.17) is 0 Å². The Labute approximate surface area is 149 Å². The highest BCUT2D eigenvalue weighted by Gasteiger charge is 2.37. The molecule has 136 valence electrons. The molecule has 0 atom stereocenters. The van der Waals surface area contributed by atoms with Crippen LogP contribution in [0.25, 0.3) is 5.65 Å². The Kier molecular flexibility index (Phi) is 4.87. The van der Waals surface area contributed by atoms with Gasteiger partial charge in [-0.3, -0.25) is 4.79 Å². The fraction of sp³-hybridized carbons (Fsp3) is 0.600. The maximum absolute atomic E-state index is 12.2. The quantitative estimate of drug-likeness (QED) is 0.897. The first-order chi connectivity index (χ1) is 11.8. The van der Waals surface area contributed by atoms with Gasteiger partial charge in [-0.25, -0.2) is 4.98 Å². The molecule has 1 aliphatic rings. The van der Waals surface area contributed by atoms with Gasteiger partial charge in [0.15, 0.2) is 0 Å². The number of hydrogen-bond donors (Lipinski definition) is 2. The van der Waals surface area contributed by atoms with Crippen molar-refractivity contribution in [1.29, 1.82) is 0 Å². The number of fused-ring (bicyclic) bond motifs is 1. The van der Waals surface area contributed by atoms with Crippen molar-refractivity contribution in [3.63, 3.8) is 0 Å². The first kappa shape index (κ1) is 17.9. The van der Waals surface area contributed by atoms with E-state index >= 15 is 0 Å². The summed E-state index contributed by atoms with van der Waals surface area (Å²) in [7, 11) is 0. The number of carbonyl (C=O) groups is 1. The Morgan fingerprint density at radius 3 is 2.72 bits per heavy atom. The number of hydrogen-bond acceptors (Lipinski definition) is 3. The molecule has 0 radical (unpaired) electrons. The largest absolute Gasteiger partial charge is 0.388 e. The van der Waals surface area contributed by atoms with Gasteiger partial charge >= 0.3 is 0 Å². The molecule has 0 unspecified atom stereocenters. The predicted octanol–water partition coefficient (Wildman–Crippen LogP) is 2.96. The van der Waals surface area contributed by atoms with E-state index in [1.807, 2.05) is 35.0 Å². The van der Waals surface area contributed by atoms with Crippen LogP contribution in [0, 0.1) is 11.3 Å². The van der Waals surface area contributed by atoms with Crippen LogP contribution in [0.3, 0.4) is 0 Å². The van der Waals surface area contributed by atoms with Crippen LogP contribution in [0.5, 0.6) is 0 Å². The Balaban J connectivity index is 1.50. The molecule has 5 heteroatoms. The summed E-state index contributed by atoms with van der Waals surface area (Å²) in [5, 5.41) is 13.7.